The molecule has 5 heteroatoms. The van der Waals surface area contributed by atoms with Gasteiger partial charge in [-0.15, -0.1) is 0 Å². The first kappa shape index (κ1) is 14.4. The van der Waals surface area contributed by atoms with Crippen LogP contribution < -0.4 is 5.32 Å². The van der Waals surface area contributed by atoms with Gasteiger partial charge in [-0.25, -0.2) is 0 Å². The SMILES string of the molecule is CC1(C(=O)O)CCCCC1NC(=O)c1ccc(O)cc1. The van der Waals surface area contributed by atoms with Crippen LogP contribution in [-0.4, -0.2) is 28.1 Å². The van der Waals surface area contributed by atoms with Gasteiger partial charge in [0.15, 0.2) is 0 Å². The summed E-state index contributed by atoms with van der Waals surface area (Å²) in [5, 5.41) is 21.4. The molecule has 1 amide bonds. The molecule has 0 spiro atoms. The zero-order valence-corrected chi connectivity index (χ0v) is 11.4. The summed E-state index contributed by atoms with van der Waals surface area (Å²) in [5.41, 5.74) is -0.494. The summed E-state index contributed by atoms with van der Waals surface area (Å²) in [6.45, 7) is 1.69. The van der Waals surface area contributed by atoms with Gasteiger partial charge in [-0.05, 0) is 44.0 Å². The highest BCUT2D eigenvalue weighted by atomic mass is 16.4. The highest BCUT2D eigenvalue weighted by Crippen LogP contribution is 2.36. The minimum Gasteiger partial charge on any atom is -0.508 e. The van der Waals surface area contributed by atoms with Gasteiger partial charge in [-0.2, -0.15) is 0 Å². The van der Waals surface area contributed by atoms with E-state index in [2.05, 4.69) is 5.32 Å². The predicted molar refractivity (Wildman–Crippen MR) is 73.6 cm³/mol. The van der Waals surface area contributed by atoms with Crippen LogP contribution in [0, 0.1) is 5.41 Å². The second kappa shape index (κ2) is 5.53. The maximum absolute atomic E-state index is 12.1. The van der Waals surface area contributed by atoms with Crippen LogP contribution in [0.5, 0.6) is 5.75 Å². The molecule has 1 saturated carbocycles. The van der Waals surface area contributed by atoms with E-state index in [0.717, 1.165) is 12.8 Å². The number of nitrogens with one attached hydrogen (secondary N) is 1. The third kappa shape index (κ3) is 2.76. The second-order valence-corrected chi connectivity index (χ2v) is 5.54. The molecule has 1 aromatic carbocycles. The fourth-order valence-corrected chi connectivity index (χ4v) is 2.68. The molecule has 108 valence electrons. The molecule has 2 unspecified atom stereocenters. The lowest BCUT2D eigenvalue weighted by molar-refractivity contribution is -0.151. The summed E-state index contributed by atoms with van der Waals surface area (Å²) in [4.78, 5) is 23.6. The molecular formula is C15H19NO4. The Labute approximate surface area is 117 Å². The van der Waals surface area contributed by atoms with Crippen molar-refractivity contribution in [3.63, 3.8) is 0 Å². The number of benzene rings is 1. The van der Waals surface area contributed by atoms with Crippen LogP contribution in [0.25, 0.3) is 0 Å². The van der Waals surface area contributed by atoms with Crippen molar-refractivity contribution in [1.29, 1.82) is 0 Å². The number of phenolic OH excluding ortho intramolecular Hbond substituents is 1. The van der Waals surface area contributed by atoms with Gasteiger partial charge in [0.2, 0.25) is 0 Å². The van der Waals surface area contributed by atoms with E-state index in [4.69, 9.17) is 0 Å². The number of carboxylic acid groups (broad SMARTS) is 1. The van der Waals surface area contributed by atoms with Crippen molar-refractivity contribution in [3.8, 4) is 5.75 Å². The smallest absolute Gasteiger partial charge is 0.311 e. The monoisotopic (exact) mass is 277 g/mol. The molecule has 0 radical (unpaired) electrons. The van der Waals surface area contributed by atoms with Crippen LogP contribution >= 0.6 is 0 Å². The van der Waals surface area contributed by atoms with Gasteiger partial charge in [0.1, 0.15) is 5.75 Å². The Morgan fingerprint density at radius 3 is 2.50 bits per heavy atom. The number of hydrogen-bond acceptors (Lipinski definition) is 3. The van der Waals surface area contributed by atoms with E-state index in [-0.39, 0.29) is 17.7 Å². The van der Waals surface area contributed by atoms with E-state index in [1.807, 2.05) is 0 Å². The zero-order valence-electron chi connectivity index (χ0n) is 11.4. The van der Waals surface area contributed by atoms with Gasteiger partial charge in [0.25, 0.3) is 5.91 Å². The number of aliphatic carboxylic acids is 1. The number of phenols is 1. The fourth-order valence-electron chi connectivity index (χ4n) is 2.68. The summed E-state index contributed by atoms with van der Waals surface area (Å²) >= 11 is 0. The summed E-state index contributed by atoms with van der Waals surface area (Å²) in [5.74, 6) is -1.08. The van der Waals surface area contributed by atoms with Crippen molar-refractivity contribution >= 4 is 11.9 Å². The van der Waals surface area contributed by atoms with Crippen LogP contribution in [0.15, 0.2) is 24.3 Å². The zero-order chi connectivity index (χ0) is 14.8. The third-order valence-corrected chi connectivity index (χ3v) is 4.13. The Morgan fingerprint density at radius 1 is 1.25 bits per heavy atom. The first-order valence-electron chi connectivity index (χ1n) is 6.77. The van der Waals surface area contributed by atoms with E-state index in [9.17, 15) is 19.8 Å². The molecule has 3 N–H and O–H groups in total. The van der Waals surface area contributed by atoms with Gasteiger partial charge in [-0.1, -0.05) is 12.8 Å². The quantitative estimate of drug-likeness (QED) is 0.790. The van der Waals surface area contributed by atoms with Crippen molar-refractivity contribution in [2.24, 2.45) is 5.41 Å². The summed E-state index contributed by atoms with van der Waals surface area (Å²) in [6, 6.07) is 5.55. The Hall–Kier alpha value is -2.04. The maximum atomic E-state index is 12.1. The predicted octanol–water partition coefficient (Wildman–Crippen LogP) is 2.16. The van der Waals surface area contributed by atoms with Crippen molar-refractivity contribution in [2.75, 3.05) is 0 Å². The lowest BCUT2D eigenvalue weighted by atomic mass is 9.71. The van der Waals surface area contributed by atoms with Gasteiger partial charge in [-0.3, -0.25) is 9.59 Å². The maximum Gasteiger partial charge on any atom is 0.311 e. The first-order valence-corrected chi connectivity index (χ1v) is 6.77. The Bertz CT molecular complexity index is 511. The van der Waals surface area contributed by atoms with Crippen LogP contribution in [0.3, 0.4) is 0 Å². The molecule has 2 rings (SSSR count). The van der Waals surface area contributed by atoms with Gasteiger partial charge in [0, 0.05) is 11.6 Å². The molecule has 0 aliphatic heterocycles. The van der Waals surface area contributed by atoms with Crippen LogP contribution in [0.4, 0.5) is 0 Å². The molecule has 2 atom stereocenters. The molecule has 5 nitrogen and oxygen atoms in total. The molecule has 1 aromatic rings. The topological polar surface area (TPSA) is 86.6 Å². The number of amides is 1. The molecule has 20 heavy (non-hydrogen) atoms. The van der Waals surface area contributed by atoms with Gasteiger partial charge >= 0.3 is 5.97 Å². The second-order valence-electron chi connectivity index (χ2n) is 5.54. The molecule has 0 heterocycles. The summed E-state index contributed by atoms with van der Waals surface area (Å²) in [7, 11) is 0. The number of carbonyl (C=O) groups is 2. The summed E-state index contributed by atoms with van der Waals surface area (Å²) < 4.78 is 0. The number of carbonyl (C=O) groups excluding carboxylic acids is 1. The third-order valence-electron chi connectivity index (χ3n) is 4.13. The average molecular weight is 277 g/mol. The average Bonchev–Trinajstić information content (AvgIpc) is 2.42. The van der Waals surface area contributed by atoms with E-state index in [1.165, 1.54) is 24.3 Å². The normalized spacial score (nSPS) is 25.9. The number of hydrogen-bond donors (Lipinski definition) is 3. The standard InChI is InChI=1S/C15H19NO4/c1-15(14(19)20)9-3-2-4-12(15)16-13(18)10-5-7-11(17)8-6-10/h5-8,12,17H,2-4,9H2,1H3,(H,16,18)(H,19,20). The molecule has 0 bridgehead atoms. The Morgan fingerprint density at radius 2 is 1.90 bits per heavy atom. The largest absolute Gasteiger partial charge is 0.508 e. The molecule has 0 aromatic heterocycles. The van der Waals surface area contributed by atoms with Gasteiger partial charge in [0.05, 0.1) is 5.41 Å². The fraction of sp³-hybridized carbons (Fsp3) is 0.467. The molecule has 1 aliphatic rings. The van der Waals surface area contributed by atoms with Gasteiger partial charge < -0.3 is 15.5 Å². The highest BCUT2D eigenvalue weighted by molar-refractivity contribution is 5.95. The van der Waals surface area contributed by atoms with Crippen LogP contribution in [0.1, 0.15) is 43.0 Å². The van der Waals surface area contributed by atoms with Crippen LogP contribution in [0.2, 0.25) is 0 Å². The van der Waals surface area contributed by atoms with Crippen LogP contribution in [-0.2, 0) is 4.79 Å². The lowest BCUT2D eigenvalue weighted by Crippen LogP contribution is -2.52. The molecule has 1 aliphatic carbocycles. The summed E-state index contributed by atoms with van der Waals surface area (Å²) in [6.07, 6.45) is 3.03. The first-order chi connectivity index (χ1) is 9.43. The highest BCUT2D eigenvalue weighted by Gasteiger charge is 2.43. The Balaban J connectivity index is 2.13. The number of aromatic hydroxyl groups is 1. The lowest BCUT2D eigenvalue weighted by Gasteiger charge is -2.38. The molecule has 0 saturated heterocycles. The number of rotatable bonds is 3. The van der Waals surface area contributed by atoms with E-state index in [1.54, 1.807) is 6.92 Å². The Kier molecular flexibility index (Phi) is 3.97. The minimum atomic E-state index is -0.912. The van der Waals surface area contributed by atoms with E-state index < -0.39 is 11.4 Å². The van der Waals surface area contributed by atoms with Crippen molar-refractivity contribution in [3.05, 3.63) is 29.8 Å². The minimum absolute atomic E-state index is 0.0922. The molecular weight excluding hydrogens is 258 g/mol. The van der Waals surface area contributed by atoms with Crippen molar-refractivity contribution < 1.29 is 19.8 Å². The van der Waals surface area contributed by atoms with Crippen molar-refractivity contribution in [2.45, 2.75) is 38.6 Å². The number of carboxylic acids is 1. The van der Waals surface area contributed by atoms with E-state index >= 15 is 0 Å². The van der Waals surface area contributed by atoms with E-state index in [0.29, 0.717) is 18.4 Å². The van der Waals surface area contributed by atoms with Crippen molar-refractivity contribution in [1.82, 2.24) is 5.32 Å². The molecule has 1 fully saturated rings.